The van der Waals surface area contributed by atoms with Gasteiger partial charge in [0.1, 0.15) is 0 Å². The Morgan fingerprint density at radius 2 is 2.00 bits per heavy atom. The van der Waals surface area contributed by atoms with Gasteiger partial charge in [0.2, 0.25) is 0 Å². The van der Waals surface area contributed by atoms with Crippen LogP contribution in [0.25, 0.3) is 0 Å². The van der Waals surface area contributed by atoms with E-state index < -0.39 is 0 Å². The van der Waals surface area contributed by atoms with Gasteiger partial charge in [-0.25, -0.2) is 0 Å². The second-order valence-electron chi connectivity index (χ2n) is 5.22. The fourth-order valence-electron chi connectivity index (χ4n) is 2.84. The van der Waals surface area contributed by atoms with Gasteiger partial charge in [0.05, 0.1) is 5.60 Å². The highest BCUT2D eigenvalue weighted by atomic mass is 16.5. The first-order valence-electron chi connectivity index (χ1n) is 6.91. The Labute approximate surface area is 104 Å². The number of nitrogens with one attached hydrogen (secondary N) is 1. The average Bonchev–Trinajstić information content (AvgIpc) is 2.36. The van der Waals surface area contributed by atoms with Crippen molar-refractivity contribution < 1.29 is 14.6 Å². The summed E-state index contributed by atoms with van der Waals surface area (Å²) in [6.07, 6.45) is 6.28. The number of unbranched alkanes of at least 4 members (excludes halogenated alkanes) is 1. The fourth-order valence-corrected chi connectivity index (χ4v) is 2.84. The van der Waals surface area contributed by atoms with Gasteiger partial charge in [0.25, 0.3) is 0 Å². The molecule has 4 nitrogen and oxygen atoms in total. The van der Waals surface area contributed by atoms with E-state index in [9.17, 15) is 0 Å². The van der Waals surface area contributed by atoms with Gasteiger partial charge in [-0.15, -0.1) is 0 Å². The molecule has 2 saturated heterocycles. The predicted molar refractivity (Wildman–Crippen MR) is 66.1 cm³/mol. The third kappa shape index (κ3) is 3.91. The van der Waals surface area contributed by atoms with Crippen LogP contribution in [0.3, 0.4) is 0 Å². The lowest BCUT2D eigenvalue weighted by Crippen LogP contribution is -2.50. The van der Waals surface area contributed by atoms with Crippen LogP contribution in [0.15, 0.2) is 0 Å². The molecule has 0 aromatic rings. The highest BCUT2D eigenvalue weighted by Crippen LogP contribution is 2.34. The highest BCUT2D eigenvalue weighted by Gasteiger charge is 2.38. The number of aliphatic hydroxyl groups excluding tert-OH is 1. The van der Waals surface area contributed by atoms with Crippen molar-refractivity contribution in [3.05, 3.63) is 0 Å². The minimum Gasteiger partial charge on any atom is -0.396 e. The minimum absolute atomic E-state index is 0.0884. The fraction of sp³-hybridized carbons (Fsp3) is 1.00. The normalized spacial score (nSPS) is 28.4. The number of aliphatic hydroxyl groups is 1. The predicted octanol–water partition coefficient (Wildman–Crippen LogP) is 1.08. The molecule has 0 aromatic carbocycles. The van der Waals surface area contributed by atoms with Crippen molar-refractivity contribution in [3.63, 3.8) is 0 Å². The molecule has 0 aliphatic carbocycles. The summed E-state index contributed by atoms with van der Waals surface area (Å²) in [6, 6.07) is 0.584. The largest absolute Gasteiger partial charge is 0.396 e. The molecule has 2 rings (SSSR count). The maximum Gasteiger partial charge on any atom is 0.0741 e. The van der Waals surface area contributed by atoms with Crippen molar-refractivity contribution in [3.8, 4) is 0 Å². The van der Waals surface area contributed by atoms with E-state index in [1.807, 2.05) is 0 Å². The maximum atomic E-state index is 8.74. The van der Waals surface area contributed by atoms with Crippen LogP contribution in [-0.2, 0) is 9.47 Å². The van der Waals surface area contributed by atoms with E-state index in [1.54, 1.807) is 0 Å². The molecule has 2 heterocycles. The SMILES string of the molecule is OCCCCNC1CCOC2(CCOCC2)C1. The summed E-state index contributed by atoms with van der Waals surface area (Å²) in [5, 5.41) is 12.3. The number of rotatable bonds is 5. The van der Waals surface area contributed by atoms with Crippen LogP contribution < -0.4 is 5.32 Å². The lowest BCUT2D eigenvalue weighted by molar-refractivity contribution is -0.140. The molecule has 0 saturated carbocycles. The number of ether oxygens (including phenoxy) is 2. The third-order valence-corrected chi connectivity index (χ3v) is 3.91. The van der Waals surface area contributed by atoms with Crippen molar-refractivity contribution in [1.29, 1.82) is 0 Å². The average molecular weight is 243 g/mol. The molecular formula is C13H25NO3. The third-order valence-electron chi connectivity index (χ3n) is 3.91. The molecule has 2 fully saturated rings. The Morgan fingerprint density at radius 1 is 1.18 bits per heavy atom. The van der Waals surface area contributed by atoms with Crippen LogP contribution in [0.4, 0.5) is 0 Å². The summed E-state index contributed by atoms with van der Waals surface area (Å²) < 4.78 is 11.4. The van der Waals surface area contributed by atoms with Crippen LogP contribution in [0.1, 0.15) is 38.5 Å². The van der Waals surface area contributed by atoms with Crippen molar-refractivity contribution in [2.75, 3.05) is 33.0 Å². The second-order valence-corrected chi connectivity index (χ2v) is 5.22. The van der Waals surface area contributed by atoms with Crippen LogP contribution in [-0.4, -0.2) is 49.7 Å². The van der Waals surface area contributed by atoms with E-state index in [-0.39, 0.29) is 5.60 Å². The zero-order valence-electron chi connectivity index (χ0n) is 10.6. The monoisotopic (exact) mass is 243 g/mol. The summed E-state index contributed by atoms with van der Waals surface area (Å²) >= 11 is 0. The van der Waals surface area contributed by atoms with Crippen molar-refractivity contribution in [1.82, 2.24) is 5.32 Å². The van der Waals surface area contributed by atoms with Crippen molar-refractivity contribution in [2.45, 2.75) is 50.2 Å². The van der Waals surface area contributed by atoms with Crippen LogP contribution >= 0.6 is 0 Å². The van der Waals surface area contributed by atoms with Crippen LogP contribution in [0.5, 0.6) is 0 Å². The Balaban J connectivity index is 1.72. The van der Waals surface area contributed by atoms with Crippen LogP contribution in [0.2, 0.25) is 0 Å². The summed E-state index contributed by atoms with van der Waals surface area (Å²) in [5.41, 5.74) is 0.0884. The second kappa shape index (κ2) is 6.69. The lowest BCUT2D eigenvalue weighted by atomic mass is 9.84. The quantitative estimate of drug-likeness (QED) is 0.709. The van der Waals surface area contributed by atoms with Gasteiger partial charge < -0.3 is 19.9 Å². The smallest absolute Gasteiger partial charge is 0.0741 e. The van der Waals surface area contributed by atoms with Gasteiger partial charge in [-0.1, -0.05) is 0 Å². The summed E-state index contributed by atoms with van der Waals surface area (Å²) in [7, 11) is 0. The first-order chi connectivity index (χ1) is 8.35. The van der Waals surface area contributed by atoms with E-state index in [1.165, 1.54) is 0 Å². The lowest BCUT2D eigenvalue weighted by Gasteiger charge is -2.43. The molecule has 2 N–H and O–H groups in total. The van der Waals surface area contributed by atoms with Crippen molar-refractivity contribution >= 4 is 0 Å². The maximum absolute atomic E-state index is 8.74. The summed E-state index contributed by atoms with van der Waals surface area (Å²) in [5.74, 6) is 0. The Hall–Kier alpha value is -0.160. The van der Waals surface area contributed by atoms with E-state index in [0.29, 0.717) is 12.6 Å². The van der Waals surface area contributed by atoms with Crippen molar-refractivity contribution in [2.24, 2.45) is 0 Å². The van der Waals surface area contributed by atoms with Gasteiger partial charge in [-0.3, -0.25) is 0 Å². The minimum atomic E-state index is 0.0884. The number of hydrogen-bond acceptors (Lipinski definition) is 4. The van der Waals surface area contributed by atoms with Gasteiger partial charge in [0, 0.05) is 32.5 Å². The zero-order valence-corrected chi connectivity index (χ0v) is 10.6. The first-order valence-corrected chi connectivity index (χ1v) is 6.91. The van der Waals surface area contributed by atoms with E-state index >= 15 is 0 Å². The molecule has 17 heavy (non-hydrogen) atoms. The van der Waals surface area contributed by atoms with E-state index in [2.05, 4.69) is 5.32 Å². The molecule has 2 aliphatic rings. The Kier molecular flexibility index (Phi) is 5.22. The van der Waals surface area contributed by atoms with Gasteiger partial charge in [-0.2, -0.15) is 0 Å². The van der Waals surface area contributed by atoms with Gasteiger partial charge in [0.15, 0.2) is 0 Å². The molecule has 0 bridgehead atoms. The molecular weight excluding hydrogens is 218 g/mol. The number of hydrogen-bond donors (Lipinski definition) is 2. The first kappa shape index (κ1) is 13.3. The molecule has 0 amide bonds. The standard InChI is InChI=1S/C13H25NO3/c15-7-2-1-6-14-12-3-8-17-13(11-12)4-9-16-10-5-13/h12,14-15H,1-11H2. The van der Waals surface area contributed by atoms with Gasteiger partial charge in [-0.05, 0) is 45.1 Å². The van der Waals surface area contributed by atoms with E-state index in [0.717, 1.165) is 64.9 Å². The molecule has 0 aromatic heterocycles. The molecule has 1 atom stereocenters. The molecule has 2 aliphatic heterocycles. The zero-order chi connectivity index (χ0) is 12.0. The molecule has 100 valence electrons. The Morgan fingerprint density at radius 3 is 2.76 bits per heavy atom. The van der Waals surface area contributed by atoms with E-state index in [4.69, 9.17) is 14.6 Å². The Bertz CT molecular complexity index is 211. The summed E-state index contributed by atoms with van der Waals surface area (Å²) in [4.78, 5) is 0. The molecule has 1 spiro atoms. The molecule has 1 unspecified atom stereocenters. The highest BCUT2D eigenvalue weighted by molar-refractivity contribution is 4.91. The van der Waals surface area contributed by atoms with Gasteiger partial charge >= 0.3 is 0 Å². The van der Waals surface area contributed by atoms with Crippen LogP contribution in [0, 0.1) is 0 Å². The molecule has 0 radical (unpaired) electrons. The summed E-state index contributed by atoms with van der Waals surface area (Å²) in [6.45, 7) is 3.88. The molecule has 4 heteroatoms. The topological polar surface area (TPSA) is 50.7 Å².